The highest BCUT2D eigenvalue weighted by Gasteiger charge is 2.30. The maximum atomic E-state index is 13.3. The van der Waals surface area contributed by atoms with Crippen molar-refractivity contribution in [1.82, 2.24) is 61.2 Å². The first-order chi connectivity index (χ1) is 50.6. The van der Waals surface area contributed by atoms with Crippen LogP contribution in [0.25, 0.3) is 33.8 Å². The first kappa shape index (κ1) is 89.2. The van der Waals surface area contributed by atoms with Crippen LogP contribution < -0.4 is 60.3 Å². The molecule has 0 radical (unpaired) electrons. The molecule has 588 valence electrons. The fourth-order valence-corrected chi connectivity index (χ4v) is 12.1. The minimum absolute atomic E-state index is 0.00288. The molecule has 0 saturated heterocycles. The van der Waals surface area contributed by atoms with Gasteiger partial charge in [0.15, 0.2) is 17.1 Å². The number of amides is 6. The number of carbonyl (C=O) groups excluding carboxylic acids is 6. The van der Waals surface area contributed by atoms with Crippen LogP contribution in [0, 0.1) is 35.5 Å². The molecule has 2 unspecified atom stereocenters. The average Bonchev–Trinajstić information content (AvgIpc) is 1.62. The summed E-state index contributed by atoms with van der Waals surface area (Å²) < 4.78 is 39.2. The van der Waals surface area contributed by atoms with Crippen LogP contribution in [0.15, 0.2) is 72.8 Å². The van der Waals surface area contributed by atoms with E-state index in [0.717, 1.165) is 47.3 Å². The van der Waals surface area contributed by atoms with E-state index in [0.29, 0.717) is 84.4 Å². The molecule has 27 heteroatoms. The van der Waals surface area contributed by atoms with Gasteiger partial charge in [-0.2, -0.15) is 15.3 Å². The normalized spacial score (nSPS) is 12.6. The van der Waals surface area contributed by atoms with Gasteiger partial charge < -0.3 is 75.6 Å². The Bertz CT molecular complexity index is 3620. The van der Waals surface area contributed by atoms with Gasteiger partial charge in [0.2, 0.25) is 17.7 Å². The minimum atomic E-state index is -0.363. The van der Waals surface area contributed by atoms with E-state index >= 15 is 0 Å². The van der Waals surface area contributed by atoms with Crippen molar-refractivity contribution >= 4 is 35.4 Å². The Kier molecular flexibility index (Phi) is 38.7. The number of aliphatic hydroxyl groups is 3. The molecule has 6 amide bonds. The number of aliphatic hydroxyl groups excluding tert-OH is 3. The van der Waals surface area contributed by atoms with Gasteiger partial charge in [-0.15, -0.1) is 0 Å². The van der Waals surface area contributed by atoms with Crippen LogP contribution in [0.3, 0.4) is 0 Å². The van der Waals surface area contributed by atoms with Crippen molar-refractivity contribution < 1.29 is 72.5 Å². The summed E-state index contributed by atoms with van der Waals surface area (Å²) in [4.78, 5) is 76.7. The van der Waals surface area contributed by atoms with Gasteiger partial charge in [-0.1, -0.05) is 121 Å². The molecule has 3 aromatic carbocycles. The van der Waals surface area contributed by atoms with Crippen LogP contribution in [-0.4, -0.2) is 180 Å². The second-order valence-corrected chi connectivity index (χ2v) is 28.1. The lowest BCUT2D eigenvalue weighted by molar-refractivity contribution is -0.122. The van der Waals surface area contributed by atoms with Gasteiger partial charge in [-0.3, -0.25) is 42.8 Å². The quantitative estimate of drug-likeness (QED) is 0.0172. The molecule has 5 atom stereocenters. The number of carbonyl (C=O) groups is 6. The number of hydrogen-bond acceptors (Lipinski definition) is 18. The highest BCUT2D eigenvalue weighted by molar-refractivity contribution is 5.96. The summed E-state index contributed by atoms with van der Waals surface area (Å²) >= 11 is 0. The summed E-state index contributed by atoms with van der Waals surface area (Å²) in [7, 11) is 9.59. The number of nitrogens with zero attached hydrogens (tertiary/aromatic N) is 6. The Morgan fingerprint density at radius 2 is 0.708 bits per heavy atom. The predicted molar refractivity (Wildman–Crippen MR) is 412 cm³/mol. The van der Waals surface area contributed by atoms with E-state index in [1.54, 1.807) is 60.9 Å². The van der Waals surface area contributed by atoms with Crippen LogP contribution in [-0.2, 0) is 27.5 Å². The predicted octanol–water partition coefficient (Wildman–Crippen LogP) is 10.3. The summed E-state index contributed by atoms with van der Waals surface area (Å²) in [5.74, 6) is 3.89. The first-order valence-electron chi connectivity index (χ1n) is 37.1. The summed E-state index contributed by atoms with van der Waals surface area (Å²) in [6.45, 7) is 28.5. The molecule has 106 heavy (non-hydrogen) atoms. The van der Waals surface area contributed by atoms with E-state index in [4.69, 9.17) is 48.8 Å². The smallest absolute Gasteiger partial charge is 0.272 e. The molecule has 0 aliphatic heterocycles. The summed E-state index contributed by atoms with van der Waals surface area (Å²) in [6.07, 6.45) is 5.23. The first-order valence-corrected chi connectivity index (χ1v) is 37.1. The Hall–Kier alpha value is -9.21. The zero-order chi connectivity index (χ0) is 78.7. The molecular weight excluding hydrogens is 1360 g/mol. The third kappa shape index (κ3) is 27.3. The van der Waals surface area contributed by atoms with Crippen molar-refractivity contribution in [2.45, 2.75) is 185 Å². The highest BCUT2D eigenvalue weighted by atomic mass is 16.5. The third-order valence-corrected chi connectivity index (χ3v) is 18.0. The molecule has 0 bridgehead atoms. The molecule has 3 aromatic heterocycles. The van der Waals surface area contributed by atoms with Gasteiger partial charge in [0.1, 0.15) is 34.5 Å². The van der Waals surface area contributed by atoms with Crippen LogP contribution in [0.2, 0.25) is 0 Å². The molecule has 6 rings (SSSR count). The summed E-state index contributed by atoms with van der Waals surface area (Å²) in [5, 5.41) is 57.8. The second-order valence-electron chi connectivity index (χ2n) is 28.1. The second kappa shape index (κ2) is 46.0. The number of aromatic nitrogens is 6. The molecule has 0 aliphatic rings. The number of nitrogens with one attached hydrogen (secondary N) is 6. The lowest BCUT2D eigenvalue weighted by Gasteiger charge is -2.21. The SMILES string of the molecule is CCC(C)Cn1nc(C(=O)N[C@H](CC(=O)NCCO)CC(C)C)cc1-c1c(OC)cccc1OC.CCC(CC)Cn1nc(C(=O)N[C@H](CC(=O)NCCO)CC(C)C)cc1-c1c(OC)cccc1OC.COc1cccc(OC)c1-c1cc(C(=O)N[C@H](CC(=O)NCCO)CC(C)C)nn1C(C)C(C)C. The van der Waals surface area contributed by atoms with Gasteiger partial charge in [-0.05, 0) is 116 Å². The maximum absolute atomic E-state index is 13.3. The number of ether oxygens (including phenoxy) is 6. The fraction of sp³-hybridized carbons (Fsp3) is 0.582. The molecule has 0 aliphatic carbocycles. The van der Waals surface area contributed by atoms with Crippen molar-refractivity contribution in [2.75, 3.05) is 82.1 Å². The Morgan fingerprint density at radius 3 is 0.981 bits per heavy atom. The fourth-order valence-electron chi connectivity index (χ4n) is 12.1. The molecule has 0 saturated carbocycles. The Morgan fingerprint density at radius 1 is 0.415 bits per heavy atom. The zero-order valence-corrected chi connectivity index (χ0v) is 66.1. The van der Waals surface area contributed by atoms with E-state index in [9.17, 15) is 28.8 Å². The van der Waals surface area contributed by atoms with Gasteiger partial charge in [-0.25, -0.2) is 0 Å². The largest absolute Gasteiger partial charge is 0.496 e. The lowest BCUT2D eigenvalue weighted by Crippen LogP contribution is -2.40. The van der Waals surface area contributed by atoms with Crippen LogP contribution in [0.1, 0.15) is 185 Å². The van der Waals surface area contributed by atoms with Crippen LogP contribution in [0.4, 0.5) is 0 Å². The van der Waals surface area contributed by atoms with E-state index in [2.05, 4.69) is 90.6 Å². The molecule has 27 nitrogen and oxygen atoms in total. The minimum Gasteiger partial charge on any atom is -0.496 e. The lowest BCUT2D eigenvalue weighted by atomic mass is 10.0. The molecule has 0 spiro atoms. The van der Waals surface area contributed by atoms with Gasteiger partial charge >= 0.3 is 0 Å². The van der Waals surface area contributed by atoms with Crippen LogP contribution in [0.5, 0.6) is 34.5 Å². The van der Waals surface area contributed by atoms with Crippen molar-refractivity contribution in [1.29, 1.82) is 0 Å². The molecule has 6 aromatic rings. The molecule has 3 heterocycles. The summed E-state index contributed by atoms with van der Waals surface area (Å²) in [6, 6.07) is 20.8. The monoisotopic (exact) mass is 1480 g/mol. The van der Waals surface area contributed by atoms with Crippen molar-refractivity contribution in [3.8, 4) is 68.3 Å². The third-order valence-electron chi connectivity index (χ3n) is 18.0. The highest BCUT2D eigenvalue weighted by Crippen LogP contribution is 2.43. The zero-order valence-electron chi connectivity index (χ0n) is 66.1. The number of benzene rings is 3. The van der Waals surface area contributed by atoms with Crippen molar-refractivity contribution in [3.63, 3.8) is 0 Å². The van der Waals surface area contributed by atoms with E-state index in [1.165, 1.54) is 0 Å². The van der Waals surface area contributed by atoms with Gasteiger partial charge in [0.05, 0.1) is 102 Å². The van der Waals surface area contributed by atoms with Crippen LogP contribution >= 0.6 is 0 Å². The average molecular weight is 1480 g/mol. The number of hydrogen-bond donors (Lipinski definition) is 9. The van der Waals surface area contributed by atoms with Crippen molar-refractivity contribution in [3.05, 3.63) is 89.9 Å². The molecular formula is C79H122N12O15. The Balaban J connectivity index is 0.000000336. The van der Waals surface area contributed by atoms with E-state index in [-0.39, 0.29) is 159 Å². The van der Waals surface area contributed by atoms with E-state index in [1.807, 2.05) is 110 Å². The van der Waals surface area contributed by atoms with Gasteiger partial charge in [0.25, 0.3) is 17.7 Å². The topological polar surface area (TPSA) is 344 Å². The number of rotatable bonds is 42. The van der Waals surface area contributed by atoms with Gasteiger partial charge in [0, 0.05) is 70.1 Å². The van der Waals surface area contributed by atoms with E-state index < -0.39 is 0 Å². The number of methoxy groups -OCH3 is 6. The summed E-state index contributed by atoms with van der Waals surface area (Å²) in [5.41, 5.74) is 5.16. The molecule has 9 N–H and O–H groups in total. The maximum Gasteiger partial charge on any atom is 0.272 e. The Labute approximate surface area is 627 Å². The molecule has 0 fully saturated rings. The van der Waals surface area contributed by atoms with Crippen molar-refractivity contribution in [2.24, 2.45) is 35.5 Å². The standard InChI is InChI=1S/C27H42N4O5.2C26H40N4O5/c1-7-19(8-2)17-31-22(26-23(35-5)10-9-11-24(26)36-6)16-21(30-31)27(34)29-20(14-18(3)4)15-25(33)28-12-13-32;1-16(2)13-19(14-24(32)27-11-12-31)28-26(33)20-15-21(30(29-20)18(5)17(3)4)25-22(34-6)9-8-10-23(25)35-7;1-7-18(4)16-30-21(25-22(34-5)9-8-10-23(25)35-6)15-20(29-30)26(33)28-19(13-17(2)3)14-24(32)27-11-12-31/h9-11,16,18-20,32H,7-8,12-15,17H2,1-6H3,(H,28,33)(H,29,34);8-10,15-19,31H,11-14H2,1-7H3,(H,27,32)(H,28,33);8-10,15,17-19,31H,7,11-14,16H2,1-6H3,(H,27,32)(H,28,33)/t20-;2*18?,19-/m000/s1.